The number of esters is 3. The Bertz CT molecular complexity index is 1520. The van der Waals surface area contributed by atoms with Crippen molar-refractivity contribution in [3.63, 3.8) is 0 Å². The molecule has 0 bridgehead atoms. The maximum absolute atomic E-state index is 12.9. The fourth-order valence-corrected chi connectivity index (χ4v) is 7.85. The van der Waals surface area contributed by atoms with E-state index in [1.807, 2.05) is 0 Å². The molecule has 0 aromatic carbocycles. The topological polar surface area (TPSA) is 78.9 Å². The van der Waals surface area contributed by atoms with Crippen molar-refractivity contribution in [3.8, 4) is 0 Å². The Kier molecular flexibility index (Phi) is 55.9. The van der Waals surface area contributed by atoms with Crippen LogP contribution in [0.4, 0.5) is 0 Å². The minimum atomic E-state index is -0.812. The molecule has 0 amide bonds. The maximum atomic E-state index is 12.9. The average Bonchev–Trinajstić information content (AvgIpc) is 3.38. The highest BCUT2D eigenvalue weighted by Gasteiger charge is 2.19. The Balaban J connectivity index is 4.52. The van der Waals surface area contributed by atoms with Crippen molar-refractivity contribution >= 4 is 17.9 Å². The van der Waals surface area contributed by atoms with Crippen LogP contribution in [0.15, 0.2) is 122 Å². The molecule has 1 atom stereocenters. The van der Waals surface area contributed by atoms with E-state index in [1.54, 1.807) is 0 Å². The summed E-state index contributed by atoms with van der Waals surface area (Å²) in [5, 5.41) is 0. The van der Waals surface area contributed by atoms with Gasteiger partial charge in [-0.15, -0.1) is 0 Å². The van der Waals surface area contributed by atoms with Crippen molar-refractivity contribution in [2.75, 3.05) is 13.2 Å². The summed E-state index contributed by atoms with van der Waals surface area (Å²) in [5.74, 6) is -0.967. The molecule has 0 heterocycles. The standard InChI is InChI=1S/C66H108O6/c1-4-7-10-13-16-19-22-25-28-31-33-35-38-41-44-47-50-53-56-59-65(68)71-62-63(61-70-64(67)58-55-52-49-46-43-40-37-30-27-24-21-18-15-12-9-6-3)72-66(69)60-57-54-51-48-45-42-39-36-34-32-29-26-23-20-17-14-11-8-5-2/h7-8,10-11,16-17,19-20,25-26,28-29,33-36,41-42,44-45,63H,4-6,9,12-15,18,21-24,27,30-32,37-40,43,46-62H2,1-3H3/b10-7-,11-8-,19-16-,20-17-,28-25-,29-26-,35-33-,36-34-,44-41-,45-42-/t63-/m1/s1. The van der Waals surface area contributed by atoms with E-state index in [9.17, 15) is 14.4 Å². The molecule has 72 heavy (non-hydrogen) atoms. The van der Waals surface area contributed by atoms with Gasteiger partial charge in [0.1, 0.15) is 13.2 Å². The van der Waals surface area contributed by atoms with Crippen molar-refractivity contribution in [1.82, 2.24) is 0 Å². The van der Waals surface area contributed by atoms with E-state index >= 15 is 0 Å². The second-order valence-electron chi connectivity index (χ2n) is 19.1. The van der Waals surface area contributed by atoms with Crippen molar-refractivity contribution in [3.05, 3.63) is 122 Å². The Morgan fingerprint density at radius 1 is 0.292 bits per heavy atom. The summed E-state index contributed by atoms with van der Waals surface area (Å²) in [7, 11) is 0. The minimum absolute atomic E-state index is 0.103. The molecular weight excluding hydrogens is 889 g/mol. The van der Waals surface area contributed by atoms with Crippen LogP contribution in [0.25, 0.3) is 0 Å². The van der Waals surface area contributed by atoms with E-state index in [0.717, 1.165) is 128 Å². The summed E-state index contributed by atoms with van der Waals surface area (Å²) in [6.45, 7) is 6.37. The fraction of sp³-hybridized carbons (Fsp3) is 0.652. The highest BCUT2D eigenvalue weighted by atomic mass is 16.6. The molecule has 6 nitrogen and oxygen atoms in total. The second kappa shape index (κ2) is 59.4. The summed E-state index contributed by atoms with van der Waals surface area (Å²) in [6.07, 6.45) is 81.9. The van der Waals surface area contributed by atoms with Gasteiger partial charge in [-0.3, -0.25) is 14.4 Å². The number of carbonyl (C=O) groups is 3. The van der Waals surface area contributed by atoms with Crippen LogP contribution in [-0.2, 0) is 28.6 Å². The van der Waals surface area contributed by atoms with Crippen molar-refractivity contribution in [2.24, 2.45) is 0 Å². The molecule has 0 aliphatic carbocycles. The largest absolute Gasteiger partial charge is 0.462 e. The van der Waals surface area contributed by atoms with E-state index in [0.29, 0.717) is 19.3 Å². The van der Waals surface area contributed by atoms with Crippen LogP contribution in [0, 0.1) is 0 Å². The maximum Gasteiger partial charge on any atom is 0.306 e. The van der Waals surface area contributed by atoms with Gasteiger partial charge in [-0.2, -0.15) is 0 Å². The summed E-state index contributed by atoms with van der Waals surface area (Å²) >= 11 is 0. The third-order valence-electron chi connectivity index (χ3n) is 12.2. The van der Waals surface area contributed by atoms with Crippen LogP contribution < -0.4 is 0 Å². The van der Waals surface area contributed by atoms with Crippen molar-refractivity contribution < 1.29 is 28.6 Å². The van der Waals surface area contributed by atoms with Gasteiger partial charge in [-0.05, 0) is 109 Å². The number of ether oxygens (including phenoxy) is 3. The first-order valence-corrected chi connectivity index (χ1v) is 29.5. The highest BCUT2D eigenvalue weighted by molar-refractivity contribution is 5.71. The lowest BCUT2D eigenvalue weighted by Crippen LogP contribution is -2.30. The minimum Gasteiger partial charge on any atom is -0.462 e. The smallest absolute Gasteiger partial charge is 0.306 e. The van der Waals surface area contributed by atoms with Gasteiger partial charge in [-0.1, -0.05) is 251 Å². The van der Waals surface area contributed by atoms with Crippen molar-refractivity contribution in [1.29, 1.82) is 0 Å². The van der Waals surface area contributed by atoms with E-state index in [1.165, 1.54) is 83.5 Å². The Morgan fingerprint density at radius 2 is 0.542 bits per heavy atom. The van der Waals surface area contributed by atoms with Crippen LogP contribution in [0.2, 0.25) is 0 Å². The van der Waals surface area contributed by atoms with Gasteiger partial charge < -0.3 is 14.2 Å². The summed E-state index contributed by atoms with van der Waals surface area (Å²) < 4.78 is 16.8. The zero-order chi connectivity index (χ0) is 52.2. The molecule has 0 aliphatic rings. The molecule has 408 valence electrons. The van der Waals surface area contributed by atoms with Gasteiger partial charge in [0.2, 0.25) is 0 Å². The zero-order valence-electron chi connectivity index (χ0n) is 46.7. The van der Waals surface area contributed by atoms with Crippen molar-refractivity contribution in [2.45, 2.75) is 264 Å². The predicted molar refractivity (Wildman–Crippen MR) is 311 cm³/mol. The second-order valence-corrected chi connectivity index (χ2v) is 19.1. The molecule has 0 aliphatic heterocycles. The molecule has 0 saturated heterocycles. The van der Waals surface area contributed by atoms with Gasteiger partial charge in [0.15, 0.2) is 6.10 Å². The van der Waals surface area contributed by atoms with Crippen LogP contribution in [0.5, 0.6) is 0 Å². The fourth-order valence-electron chi connectivity index (χ4n) is 7.85. The van der Waals surface area contributed by atoms with E-state index < -0.39 is 6.10 Å². The SMILES string of the molecule is CC/C=C\C/C=C\C/C=C\C/C=C\C/C=C\CCCCCC(=O)OC[C@@H](COC(=O)CCCCCCCCCCCCCCCCCC)OC(=O)CCCCC/C=C\C/C=C\C/C=C\C/C=C\C/C=C\CC. The monoisotopic (exact) mass is 997 g/mol. The number of unbranched alkanes of at least 4 members (excludes halogenated alkanes) is 21. The molecular formula is C66H108O6. The normalized spacial score (nSPS) is 13.0. The molecule has 0 N–H and O–H groups in total. The van der Waals surface area contributed by atoms with Crippen LogP contribution >= 0.6 is 0 Å². The quantitative estimate of drug-likeness (QED) is 0.0261. The van der Waals surface area contributed by atoms with Gasteiger partial charge in [0, 0.05) is 19.3 Å². The van der Waals surface area contributed by atoms with Gasteiger partial charge >= 0.3 is 17.9 Å². The lowest BCUT2D eigenvalue weighted by molar-refractivity contribution is -0.167. The van der Waals surface area contributed by atoms with Gasteiger partial charge in [-0.25, -0.2) is 0 Å². The molecule has 0 spiro atoms. The number of allylic oxidation sites excluding steroid dienone is 20. The van der Waals surface area contributed by atoms with E-state index in [4.69, 9.17) is 14.2 Å². The third-order valence-corrected chi connectivity index (χ3v) is 12.2. The molecule has 0 saturated carbocycles. The molecule has 6 heteroatoms. The molecule has 0 rings (SSSR count). The van der Waals surface area contributed by atoms with Gasteiger partial charge in [0.05, 0.1) is 0 Å². The molecule has 0 aromatic rings. The average molecular weight is 998 g/mol. The van der Waals surface area contributed by atoms with E-state index in [2.05, 4.69) is 142 Å². The highest BCUT2D eigenvalue weighted by Crippen LogP contribution is 2.15. The number of hydrogen-bond acceptors (Lipinski definition) is 6. The summed E-state index contributed by atoms with van der Waals surface area (Å²) in [6, 6.07) is 0. The Hall–Kier alpha value is -4.19. The number of rotatable bonds is 52. The summed E-state index contributed by atoms with van der Waals surface area (Å²) in [5.41, 5.74) is 0. The first kappa shape index (κ1) is 67.8. The van der Waals surface area contributed by atoms with Gasteiger partial charge in [0.25, 0.3) is 0 Å². The molecule has 0 aromatic heterocycles. The third kappa shape index (κ3) is 56.7. The lowest BCUT2D eigenvalue weighted by Gasteiger charge is -2.18. The Morgan fingerprint density at radius 3 is 0.847 bits per heavy atom. The van der Waals surface area contributed by atoms with Crippen LogP contribution in [-0.4, -0.2) is 37.2 Å². The number of hydrogen-bond donors (Lipinski definition) is 0. The molecule has 0 radical (unpaired) electrons. The first-order chi connectivity index (χ1) is 35.5. The predicted octanol–water partition coefficient (Wildman–Crippen LogP) is 20.0. The zero-order valence-corrected chi connectivity index (χ0v) is 46.7. The molecule has 0 unspecified atom stereocenters. The number of carbonyl (C=O) groups excluding carboxylic acids is 3. The van der Waals surface area contributed by atoms with Crippen LogP contribution in [0.1, 0.15) is 258 Å². The summed E-state index contributed by atoms with van der Waals surface area (Å²) in [4.78, 5) is 38.2. The first-order valence-electron chi connectivity index (χ1n) is 29.5. The lowest BCUT2D eigenvalue weighted by atomic mass is 10.0. The van der Waals surface area contributed by atoms with E-state index in [-0.39, 0.29) is 37.5 Å². The Labute approximate surface area is 443 Å². The molecule has 0 fully saturated rings. The van der Waals surface area contributed by atoms with Crippen LogP contribution in [0.3, 0.4) is 0 Å².